The van der Waals surface area contributed by atoms with Gasteiger partial charge in [0.2, 0.25) is 0 Å². The van der Waals surface area contributed by atoms with E-state index in [0.717, 1.165) is 5.56 Å². The van der Waals surface area contributed by atoms with Crippen LogP contribution >= 0.6 is 11.6 Å². The number of aliphatic hydroxyl groups excluding tert-OH is 1. The number of rotatable bonds is 2. The maximum atomic E-state index is 9.53. The van der Waals surface area contributed by atoms with Gasteiger partial charge in [-0.05, 0) is 18.6 Å². The molecule has 13 heavy (non-hydrogen) atoms. The summed E-state index contributed by atoms with van der Waals surface area (Å²) in [6.45, 7) is 1.85. The van der Waals surface area contributed by atoms with E-state index in [9.17, 15) is 10.2 Å². The number of hydrogen-bond donors (Lipinski definition) is 3. The highest BCUT2D eigenvalue weighted by molar-refractivity contribution is 6.32. The second-order valence-corrected chi connectivity index (χ2v) is 3.29. The number of nitrogens with two attached hydrogens (primary N) is 1. The zero-order chi connectivity index (χ0) is 10.0. The van der Waals surface area contributed by atoms with Gasteiger partial charge in [0.15, 0.2) is 0 Å². The zero-order valence-electron chi connectivity index (χ0n) is 7.29. The van der Waals surface area contributed by atoms with E-state index in [1.54, 1.807) is 19.1 Å². The molecule has 0 radical (unpaired) electrons. The van der Waals surface area contributed by atoms with Crippen LogP contribution in [0.25, 0.3) is 0 Å². The molecule has 0 fully saturated rings. The van der Waals surface area contributed by atoms with Crippen LogP contribution in [0.1, 0.15) is 17.2 Å². The van der Waals surface area contributed by atoms with Gasteiger partial charge in [0, 0.05) is 12.1 Å². The predicted molar refractivity (Wildman–Crippen MR) is 51.9 cm³/mol. The van der Waals surface area contributed by atoms with Gasteiger partial charge in [0.1, 0.15) is 5.75 Å². The molecule has 0 saturated heterocycles. The Hall–Kier alpha value is -0.770. The van der Waals surface area contributed by atoms with Crippen molar-refractivity contribution in [1.82, 2.24) is 0 Å². The van der Waals surface area contributed by atoms with Crippen LogP contribution in [0.5, 0.6) is 5.75 Å². The van der Waals surface area contributed by atoms with Gasteiger partial charge in [-0.2, -0.15) is 0 Å². The Balaban J connectivity index is 3.25. The summed E-state index contributed by atoms with van der Waals surface area (Å²) in [5.74, 6) is -0.0837. The second-order valence-electron chi connectivity index (χ2n) is 2.88. The fourth-order valence-corrected chi connectivity index (χ4v) is 1.39. The molecule has 0 amide bonds. The lowest BCUT2D eigenvalue weighted by molar-refractivity contribution is 0.182. The number of aromatic hydroxyl groups is 1. The molecule has 1 atom stereocenters. The maximum absolute atomic E-state index is 9.53. The Morgan fingerprint density at radius 3 is 2.69 bits per heavy atom. The minimum Gasteiger partial charge on any atom is -0.506 e. The smallest absolute Gasteiger partial charge is 0.140 e. The van der Waals surface area contributed by atoms with E-state index in [-0.39, 0.29) is 17.3 Å². The molecule has 3 nitrogen and oxygen atoms in total. The summed E-state index contributed by atoms with van der Waals surface area (Å²) in [7, 11) is 0. The first-order valence-corrected chi connectivity index (χ1v) is 4.31. The Morgan fingerprint density at radius 1 is 1.54 bits per heavy atom. The Bertz CT molecular complexity index is 315. The van der Waals surface area contributed by atoms with Crippen molar-refractivity contribution < 1.29 is 10.2 Å². The molecular weight excluding hydrogens is 190 g/mol. The van der Waals surface area contributed by atoms with Crippen molar-refractivity contribution in [1.29, 1.82) is 0 Å². The molecule has 0 heterocycles. The van der Waals surface area contributed by atoms with Crippen LogP contribution in [0.3, 0.4) is 0 Å². The summed E-state index contributed by atoms with van der Waals surface area (Å²) >= 11 is 5.68. The summed E-state index contributed by atoms with van der Waals surface area (Å²) in [6.07, 6.45) is -0.862. The highest BCUT2D eigenvalue weighted by Crippen LogP contribution is 2.33. The van der Waals surface area contributed by atoms with E-state index < -0.39 is 6.10 Å². The third kappa shape index (κ3) is 1.94. The van der Waals surface area contributed by atoms with Gasteiger partial charge >= 0.3 is 0 Å². The van der Waals surface area contributed by atoms with Gasteiger partial charge in [0.05, 0.1) is 11.1 Å². The number of phenols is 1. The molecule has 1 aromatic carbocycles. The molecule has 1 unspecified atom stereocenters. The van der Waals surface area contributed by atoms with Crippen LogP contribution < -0.4 is 5.73 Å². The van der Waals surface area contributed by atoms with Crippen LogP contribution in [0, 0.1) is 6.92 Å². The third-order valence-corrected chi connectivity index (χ3v) is 2.25. The predicted octanol–water partition coefficient (Wildman–Crippen LogP) is 1.35. The van der Waals surface area contributed by atoms with E-state index >= 15 is 0 Å². The molecule has 0 aromatic heterocycles. The van der Waals surface area contributed by atoms with E-state index in [2.05, 4.69) is 0 Å². The van der Waals surface area contributed by atoms with Gasteiger partial charge in [-0.15, -0.1) is 0 Å². The number of halogens is 1. The normalized spacial score (nSPS) is 12.9. The van der Waals surface area contributed by atoms with Gasteiger partial charge in [-0.25, -0.2) is 0 Å². The van der Waals surface area contributed by atoms with E-state index in [4.69, 9.17) is 17.3 Å². The highest BCUT2D eigenvalue weighted by Gasteiger charge is 2.15. The lowest BCUT2D eigenvalue weighted by Crippen LogP contribution is -2.12. The number of aryl methyl sites for hydroxylation is 1. The molecule has 1 rings (SSSR count). The first-order valence-electron chi connectivity index (χ1n) is 3.94. The lowest BCUT2D eigenvalue weighted by atomic mass is 10.0. The van der Waals surface area contributed by atoms with Crippen molar-refractivity contribution in [3.8, 4) is 5.75 Å². The molecule has 72 valence electrons. The number of aliphatic hydroxyl groups is 1. The summed E-state index contributed by atoms with van der Waals surface area (Å²) in [5, 5.41) is 19.2. The Morgan fingerprint density at radius 2 is 2.15 bits per heavy atom. The van der Waals surface area contributed by atoms with Gasteiger partial charge in [0.25, 0.3) is 0 Å². The van der Waals surface area contributed by atoms with Crippen molar-refractivity contribution in [3.63, 3.8) is 0 Å². The summed E-state index contributed by atoms with van der Waals surface area (Å²) in [6, 6.07) is 3.31. The van der Waals surface area contributed by atoms with Crippen LogP contribution in [-0.2, 0) is 0 Å². The van der Waals surface area contributed by atoms with Crippen molar-refractivity contribution in [2.45, 2.75) is 13.0 Å². The minimum absolute atomic E-state index is 0.0642. The molecule has 0 saturated carbocycles. The number of benzene rings is 1. The molecule has 0 bridgehead atoms. The monoisotopic (exact) mass is 201 g/mol. The van der Waals surface area contributed by atoms with Gasteiger partial charge in [-0.1, -0.05) is 17.7 Å². The third-order valence-electron chi connectivity index (χ3n) is 1.94. The molecule has 1 aromatic rings. The SMILES string of the molecule is Cc1ccc(Cl)c(O)c1C(O)CN. The molecule has 0 spiro atoms. The van der Waals surface area contributed by atoms with Crippen LogP contribution in [0.4, 0.5) is 0 Å². The number of phenolic OH excluding ortho intramolecular Hbond substituents is 1. The van der Waals surface area contributed by atoms with Crippen LogP contribution in [-0.4, -0.2) is 16.8 Å². The highest BCUT2D eigenvalue weighted by atomic mass is 35.5. The summed E-state index contributed by atoms with van der Waals surface area (Å²) in [5.41, 5.74) is 6.48. The topological polar surface area (TPSA) is 66.5 Å². The quantitative estimate of drug-likeness (QED) is 0.677. The minimum atomic E-state index is -0.862. The Kier molecular flexibility index (Phi) is 3.14. The van der Waals surface area contributed by atoms with Gasteiger partial charge in [-0.3, -0.25) is 0 Å². The van der Waals surface area contributed by atoms with E-state index in [1.165, 1.54) is 0 Å². The van der Waals surface area contributed by atoms with Crippen molar-refractivity contribution >= 4 is 11.6 Å². The van der Waals surface area contributed by atoms with Crippen molar-refractivity contribution in [2.24, 2.45) is 5.73 Å². The summed E-state index contributed by atoms with van der Waals surface area (Å²) in [4.78, 5) is 0. The fraction of sp³-hybridized carbons (Fsp3) is 0.333. The van der Waals surface area contributed by atoms with Crippen LogP contribution in [0.15, 0.2) is 12.1 Å². The molecular formula is C9H12ClNO2. The molecule has 4 N–H and O–H groups in total. The second kappa shape index (κ2) is 3.96. The standard InChI is InChI=1S/C9H12ClNO2/c1-5-2-3-6(10)9(13)8(5)7(12)4-11/h2-3,7,12-13H,4,11H2,1H3. The fourth-order valence-electron chi connectivity index (χ4n) is 1.22. The van der Waals surface area contributed by atoms with Crippen molar-refractivity contribution in [2.75, 3.05) is 6.54 Å². The van der Waals surface area contributed by atoms with E-state index in [1.807, 2.05) is 0 Å². The first kappa shape index (κ1) is 10.3. The average molecular weight is 202 g/mol. The van der Waals surface area contributed by atoms with Gasteiger partial charge < -0.3 is 15.9 Å². The van der Waals surface area contributed by atoms with E-state index in [0.29, 0.717) is 5.56 Å². The molecule has 0 aliphatic rings. The van der Waals surface area contributed by atoms with Crippen LogP contribution in [0.2, 0.25) is 5.02 Å². The molecule has 4 heteroatoms. The average Bonchev–Trinajstić information content (AvgIpc) is 2.12. The zero-order valence-corrected chi connectivity index (χ0v) is 8.04. The molecule has 0 aliphatic carbocycles. The summed E-state index contributed by atoms with van der Waals surface area (Å²) < 4.78 is 0. The Labute approximate surface area is 81.8 Å². The largest absolute Gasteiger partial charge is 0.506 e. The van der Waals surface area contributed by atoms with Crippen molar-refractivity contribution in [3.05, 3.63) is 28.3 Å². The molecule has 0 aliphatic heterocycles. The lowest BCUT2D eigenvalue weighted by Gasteiger charge is -2.14. The maximum Gasteiger partial charge on any atom is 0.140 e. The number of hydrogen-bond acceptors (Lipinski definition) is 3. The first-order chi connectivity index (χ1) is 6.07.